The number of nitriles is 1. The van der Waals surface area contributed by atoms with Gasteiger partial charge < -0.3 is 9.64 Å². The van der Waals surface area contributed by atoms with Crippen molar-refractivity contribution in [3.63, 3.8) is 0 Å². The normalized spacial score (nSPS) is 23.0. The van der Waals surface area contributed by atoms with Crippen LogP contribution in [-0.4, -0.2) is 53.3 Å². The van der Waals surface area contributed by atoms with E-state index in [9.17, 15) is 14.4 Å². The van der Waals surface area contributed by atoms with E-state index in [4.69, 9.17) is 10.00 Å². The number of rotatable bonds is 3. The van der Waals surface area contributed by atoms with Crippen molar-refractivity contribution in [3.05, 3.63) is 64.2 Å². The first-order chi connectivity index (χ1) is 17.0. The lowest BCUT2D eigenvalue weighted by molar-refractivity contribution is -0.136. The zero-order chi connectivity index (χ0) is 24.2. The largest absolute Gasteiger partial charge is 0.492 e. The predicted molar refractivity (Wildman–Crippen MR) is 125 cm³/mol. The van der Waals surface area contributed by atoms with Crippen LogP contribution >= 0.6 is 0 Å². The molecule has 1 spiro atoms. The van der Waals surface area contributed by atoms with E-state index in [1.165, 1.54) is 5.56 Å². The highest BCUT2D eigenvalue weighted by Crippen LogP contribution is 2.49. The van der Waals surface area contributed by atoms with Crippen LogP contribution in [-0.2, 0) is 28.1 Å². The number of nitrogens with zero attached hydrogens (tertiary/aromatic N) is 3. The van der Waals surface area contributed by atoms with Crippen molar-refractivity contribution in [2.45, 2.75) is 50.2 Å². The van der Waals surface area contributed by atoms with E-state index in [0.29, 0.717) is 30.7 Å². The van der Waals surface area contributed by atoms with E-state index in [1.54, 1.807) is 4.90 Å². The quantitative estimate of drug-likeness (QED) is 0.691. The molecule has 1 unspecified atom stereocenters. The number of fused-ring (bicyclic) bond motifs is 4. The molecule has 3 amide bonds. The second kappa shape index (κ2) is 8.21. The number of ether oxygens (including phenoxy) is 1. The van der Waals surface area contributed by atoms with Crippen LogP contribution in [0.1, 0.15) is 58.3 Å². The molecule has 2 aromatic carbocycles. The van der Waals surface area contributed by atoms with E-state index in [1.807, 2.05) is 30.3 Å². The molecule has 4 heterocycles. The van der Waals surface area contributed by atoms with Crippen molar-refractivity contribution in [3.8, 4) is 11.8 Å². The van der Waals surface area contributed by atoms with Crippen molar-refractivity contribution in [2.24, 2.45) is 0 Å². The van der Waals surface area contributed by atoms with Crippen molar-refractivity contribution in [1.82, 2.24) is 15.1 Å². The van der Waals surface area contributed by atoms with Gasteiger partial charge in [-0.2, -0.15) is 5.26 Å². The number of piperidine rings is 2. The Kier molecular flexibility index (Phi) is 5.11. The average molecular weight is 471 g/mol. The minimum absolute atomic E-state index is 0.0690. The predicted octanol–water partition coefficient (Wildman–Crippen LogP) is 2.25. The molecule has 8 heteroatoms. The van der Waals surface area contributed by atoms with E-state index >= 15 is 0 Å². The van der Waals surface area contributed by atoms with Crippen molar-refractivity contribution < 1.29 is 19.1 Å². The van der Waals surface area contributed by atoms with Gasteiger partial charge in [-0.05, 0) is 56.1 Å². The molecule has 6 rings (SSSR count). The highest BCUT2D eigenvalue weighted by molar-refractivity contribution is 6.05. The molecule has 2 aromatic rings. The molecular formula is C27H26N4O4. The van der Waals surface area contributed by atoms with Gasteiger partial charge in [0.25, 0.3) is 5.91 Å². The summed E-state index contributed by atoms with van der Waals surface area (Å²) in [7, 11) is 0. The number of imide groups is 1. The number of likely N-dealkylation sites (tertiary alicyclic amines) is 1. The molecule has 178 valence electrons. The summed E-state index contributed by atoms with van der Waals surface area (Å²) in [6.07, 6.45) is 2.51. The average Bonchev–Trinajstić information content (AvgIpc) is 3.39. The van der Waals surface area contributed by atoms with Crippen LogP contribution in [0.25, 0.3) is 0 Å². The van der Waals surface area contributed by atoms with Crippen LogP contribution in [0, 0.1) is 11.3 Å². The summed E-state index contributed by atoms with van der Waals surface area (Å²) in [5.74, 6) is -0.0492. The van der Waals surface area contributed by atoms with Crippen molar-refractivity contribution in [1.29, 1.82) is 5.26 Å². The molecule has 35 heavy (non-hydrogen) atoms. The van der Waals surface area contributed by atoms with E-state index in [-0.39, 0.29) is 23.7 Å². The lowest BCUT2D eigenvalue weighted by Crippen LogP contribution is -2.52. The topological polar surface area (TPSA) is 103 Å². The molecule has 8 nitrogen and oxygen atoms in total. The Balaban J connectivity index is 1.19. The van der Waals surface area contributed by atoms with Crippen molar-refractivity contribution in [2.75, 3.05) is 19.7 Å². The van der Waals surface area contributed by atoms with Crippen molar-refractivity contribution >= 4 is 17.7 Å². The molecule has 2 fully saturated rings. The second-order valence-electron chi connectivity index (χ2n) is 10.0. The molecular weight excluding hydrogens is 444 g/mol. The maximum absolute atomic E-state index is 13.1. The van der Waals surface area contributed by atoms with Crippen LogP contribution in [0.15, 0.2) is 36.4 Å². The monoisotopic (exact) mass is 470 g/mol. The molecule has 2 saturated heterocycles. The van der Waals surface area contributed by atoms with Gasteiger partial charge in [0.15, 0.2) is 0 Å². The summed E-state index contributed by atoms with van der Waals surface area (Å²) in [4.78, 5) is 41.1. The third kappa shape index (κ3) is 3.58. The summed E-state index contributed by atoms with van der Waals surface area (Å²) in [5.41, 5.74) is 4.39. The number of carbonyl (C=O) groups excluding carboxylic acids is 3. The Labute approximate surface area is 203 Å². The first kappa shape index (κ1) is 21.8. The minimum Gasteiger partial charge on any atom is -0.492 e. The third-order valence-corrected chi connectivity index (χ3v) is 8.01. The summed E-state index contributed by atoms with van der Waals surface area (Å²) in [5, 5.41) is 11.5. The molecule has 0 aromatic heterocycles. The fraction of sp³-hybridized carbons (Fsp3) is 0.407. The molecule has 1 atom stereocenters. The Hall–Kier alpha value is -3.70. The van der Waals surface area contributed by atoms with Crippen LogP contribution < -0.4 is 10.1 Å². The fourth-order valence-electron chi connectivity index (χ4n) is 6.03. The molecule has 0 saturated carbocycles. The Morgan fingerprint density at radius 3 is 2.74 bits per heavy atom. The molecule has 4 aliphatic heterocycles. The first-order valence-corrected chi connectivity index (χ1v) is 12.1. The van der Waals surface area contributed by atoms with E-state index in [0.717, 1.165) is 49.4 Å². The standard InChI is InChI=1S/C27H26N4O4/c28-13-17-2-1-3-18(12-17)14-30-10-8-27(9-11-30)16-35-24-20-15-31(22-6-7-23(32)29-25(22)33)26(34)19(20)4-5-21(24)27/h1-5,12,22H,6-11,14-16H2,(H,29,32,33). The van der Waals surface area contributed by atoms with Gasteiger partial charge in [0.2, 0.25) is 11.8 Å². The number of carbonyl (C=O) groups is 3. The Morgan fingerprint density at radius 2 is 1.97 bits per heavy atom. The van der Waals surface area contributed by atoms with Gasteiger partial charge in [-0.15, -0.1) is 0 Å². The van der Waals surface area contributed by atoms with Crippen LogP contribution in [0.3, 0.4) is 0 Å². The highest BCUT2D eigenvalue weighted by atomic mass is 16.5. The number of hydrogen-bond donors (Lipinski definition) is 1. The van der Waals surface area contributed by atoms with Gasteiger partial charge in [-0.25, -0.2) is 0 Å². The number of benzene rings is 2. The van der Waals surface area contributed by atoms with Crippen LogP contribution in [0.5, 0.6) is 5.75 Å². The fourth-order valence-corrected chi connectivity index (χ4v) is 6.03. The highest BCUT2D eigenvalue weighted by Gasteiger charge is 2.47. The van der Waals surface area contributed by atoms with Crippen LogP contribution in [0.2, 0.25) is 0 Å². The number of hydrogen-bond acceptors (Lipinski definition) is 6. The third-order valence-electron chi connectivity index (χ3n) is 8.01. The lowest BCUT2D eigenvalue weighted by atomic mass is 9.74. The van der Waals surface area contributed by atoms with Crippen LogP contribution in [0.4, 0.5) is 0 Å². The zero-order valence-electron chi connectivity index (χ0n) is 19.4. The molecule has 1 N–H and O–H groups in total. The second-order valence-corrected chi connectivity index (χ2v) is 10.0. The molecule has 0 aliphatic carbocycles. The van der Waals surface area contributed by atoms with E-state index in [2.05, 4.69) is 22.4 Å². The maximum Gasteiger partial charge on any atom is 0.255 e. The summed E-state index contributed by atoms with van der Waals surface area (Å²) in [6, 6.07) is 13.3. The van der Waals surface area contributed by atoms with Gasteiger partial charge in [0.1, 0.15) is 11.8 Å². The minimum atomic E-state index is -0.624. The summed E-state index contributed by atoms with van der Waals surface area (Å²) < 4.78 is 6.26. The van der Waals surface area contributed by atoms with Gasteiger partial charge in [0, 0.05) is 35.1 Å². The molecule has 0 bridgehead atoms. The maximum atomic E-state index is 13.1. The zero-order valence-corrected chi connectivity index (χ0v) is 19.4. The lowest BCUT2D eigenvalue weighted by Gasteiger charge is -2.38. The summed E-state index contributed by atoms with van der Waals surface area (Å²) >= 11 is 0. The number of nitrogens with one attached hydrogen (secondary N) is 1. The van der Waals surface area contributed by atoms with E-state index < -0.39 is 11.9 Å². The van der Waals surface area contributed by atoms with Gasteiger partial charge in [-0.3, -0.25) is 24.6 Å². The van der Waals surface area contributed by atoms with Gasteiger partial charge >= 0.3 is 0 Å². The molecule has 0 radical (unpaired) electrons. The molecule has 4 aliphatic rings. The summed E-state index contributed by atoms with van der Waals surface area (Å²) in [6.45, 7) is 3.61. The van der Waals surface area contributed by atoms with Gasteiger partial charge in [0.05, 0.1) is 24.8 Å². The first-order valence-electron chi connectivity index (χ1n) is 12.1. The smallest absolute Gasteiger partial charge is 0.255 e. The Morgan fingerprint density at radius 1 is 1.14 bits per heavy atom. The van der Waals surface area contributed by atoms with Gasteiger partial charge in [-0.1, -0.05) is 18.2 Å². The number of amides is 3. The SMILES string of the molecule is N#Cc1cccc(CN2CCC3(CC2)COc2c3ccc3c2CN(C2CCC(=O)NC2=O)C3=O)c1. The Bertz CT molecular complexity index is 1290.